The van der Waals surface area contributed by atoms with Crippen molar-refractivity contribution < 1.29 is 24.3 Å². The molecule has 0 aliphatic rings. The first kappa shape index (κ1) is 11.7. The summed E-state index contributed by atoms with van der Waals surface area (Å²) in [5.74, 6) is -2.54. The van der Waals surface area contributed by atoms with E-state index in [-0.39, 0.29) is 11.6 Å². The van der Waals surface area contributed by atoms with Crippen LogP contribution in [0.3, 0.4) is 0 Å². The highest BCUT2D eigenvalue weighted by atomic mass is 16.7. The molecule has 0 amide bonds. The number of aromatic nitrogens is 2. The molecular formula is C10H8N2O6. The molecule has 2 aromatic rings. The van der Waals surface area contributed by atoms with Crippen LogP contribution in [0.2, 0.25) is 0 Å². The van der Waals surface area contributed by atoms with Gasteiger partial charge in [0.05, 0.1) is 6.26 Å². The number of aromatic hydroxyl groups is 1. The fraction of sp³-hybridized carbons (Fsp3) is 0.100. The number of hydrogen-bond donors (Lipinski definition) is 2. The Hall–Kier alpha value is -2.77. The molecule has 0 spiro atoms. The van der Waals surface area contributed by atoms with E-state index in [1.807, 2.05) is 0 Å². The van der Waals surface area contributed by atoms with Gasteiger partial charge in [-0.25, -0.2) is 9.78 Å². The second-order valence-electron chi connectivity index (χ2n) is 3.20. The molecule has 8 nitrogen and oxygen atoms in total. The number of carbonyl (C=O) groups is 1. The lowest BCUT2D eigenvalue weighted by Crippen LogP contribution is -2.29. The van der Waals surface area contributed by atoms with Gasteiger partial charge in [-0.3, -0.25) is 4.79 Å². The van der Waals surface area contributed by atoms with Gasteiger partial charge in [-0.05, 0) is 12.1 Å². The van der Waals surface area contributed by atoms with Crippen LogP contribution in [0.4, 0.5) is 0 Å². The van der Waals surface area contributed by atoms with Crippen molar-refractivity contribution in [3.05, 3.63) is 34.4 Å². The van der Waals surface area contributed by atoms with Crippen LogP contribution in [0.25, 0.3) is 11.6 Å². The predicted molar refractivity (Wildman–Crippen MR) is 57.3 cm³/mol. The molecule has 0 atom stereocenters. The van der Waals surface area contributed by atoms with E-state index < -0.39 is 23.0 Å². The van der Waals surface area contributed by atoms with Crippen LogP contribution in [0, 0.1) is 0 Å². The van der Waals surface area contributed by atoms with Crippen molar-refractivity contribution in [1.82, 2.24) is 9.71 Å². The first-order valence-corrected chi connectivity index (χ1v) is 4.74. The number of nitrogens with zero attached hydrogens (tertiary/aromatic N) is 2. The van der Waals surface area contributed by atoms with Gasteiger partial charge in [0.2, 0.25) is 11.6 Å². The number of hydrogen-bond acceptors (Lipinski definition) is 6. The Morgan fingerprint density at radius 2 is 2.28 bits per heavy atom. The van der Waals surface area contributed by atoms with Crippen molar-refractivity contribution >= 4 is 5.97 Å². The summed E-state index contributed by atoms with van der Waals surface area (Å²) in [6.07, 6.45) is 1.33. The van der Waals surface area contributed by atoms with Gasteiger partial charge >= 0.3 is 11.5 Å². The van der Waals surface area contributed by atoms with Crippen molar-refractivity contribution in [3.63, 3.8) is 0 Å². The number of rotatable bonds is 3. The highest BCUT2D eigenvalue weighted by Crippen LogP contribution is 2.19. The molecular weight excluding hydrogens is 244 g/mol. The Labute approximate surface area is 99.6 Å². The maximum Gasteiger partial charge on any atom is 0.358 e. The largest absolute Gasteiger partial charge is 0.501 e. The van der Waals surface area contributed by atoms with E-state index in [0.717, 1.165) is 0 Å². The van der Waals surface area contributed by atoms with Crippen molar-refractivity contribution in [2.24, 2.45) is 0 Å². The molecule has 0 unspecified atom stereocenters. The quantitative estimate of drug-likeness (QED) is 0.787. The van der Waals surface area contributed by atoms with Gasteiger partial charge in [-0.1, -0.05) is 0 Å². The van der Waals surface area contributed by atoms with Crippen molar-refractivity contribution in [1.29, 1.82) is 0 Å². The van der Waals surface area contributed by atoms with E-state index in [4.69, 9.17) is 14.4 Å². The lowest BCUT2D eigenvalue weighted by atomic mass is 10.3. The second kappa shape index (κ2) is 4.24. The summed E-state index contributed by atoms with van der Waals surface area (Å²) < 4.78 is 5.65. The predicted octanol–water partition coefficient (Wildman–Crippen LogP) is -0.0345. The minimum absolute atomic E-state index is 0.136. The van der Waals surface area contributed by atoms with Crippen LogP contribution in [0.1, 0.15) is 10.5 Å². The fourth-order valence-corrected chi connectivity index (χ4v) is 1.38. The Morgan fingerprint density at radius 3 is 2.78 bits per heavy atom. The number of carboxylic acids is 1. The summed E-state index contributed by atoms with van der Waals surface area (Å²) in [7, 11) is 1.18. The monoisotopic (exact) mass is 252 g/mol. The molecule has 94 valence electrons. The molecule has 0 aromatic carbocycles. The molecule has 0 aliphatic heterocycles. The van der Waals surface area contributed by atoms with Gasteiger partial charge < -0.3 is 19.5 Å². The average molecular weight is 252 g/mol. The fourth-order valence-electron chi connectivity index (χ4n) is 1.38. The van der Waals surface area contributed by atoms with Gasteiger partial charge in [-0.2, -0.15) is 0 Å². The molecule has 2 heterocycles. The smallest absolute Gasteiger partial charge is 0.358 e. The average Bonchev–Trinajstić information content (AvgIpc) is 2.85. The van der Waals surface area contributed by atoms with E-state index in [1.54, 1.807) is 0 Å². The topological polar surface area (TPSA) is 115 Å². The summed E-state index contributed by atoms with van der Waals surface area (Å²) in [6.45, 7) is 0. The summed E-state index contributed by atoms with van der Waals surface area (Å²) in [4.78, 5) is 30.9. The Bertz CT molecular complexity index is 643. The van der Waals surface area contributed by atoms with E-state index in [9.17, 15) is 14.7 Å². The molecule has 18 heavy (non-hydrogen) atoms. The van der Waals surface area contributed by atoms with Crippen molar-refractivity contribution in [2.75, 3.05) is 7.11 Å². The van der Waals surface area contributed by atoms with Crippen LogP contribution >= 0.6 is 0 Å². The third-order valence-corrected chi connectivity index (χ3v) is 2.15. The molecule has 0 aliphatic carbocycles. The summed E-state index contributed by atoms with van der Waals surface area (Å²) in [6, 6.07) is 3.01. The zero-order valence-electron chi connectivity index (χ0n) is 9.15. The maximum absolute atomic E-state index is 11.7. The van der Waals surface area contributed by atoms with Gasteiger partial charge in [0.25, 0.3) is 0 Å². The zero-order valence-corrected chi connectivity index (χ0v) is 9.15. The molecule has 8 heteroatoms. The van der Waals surface area contributed by atoms with Crippen LogP contribution in [0.15, 0.2) is 27.6 Å². The molecule has 2 rings (SSSR count). The zero-order chi connectivity index (χ0) is 13.3. The second-order valence-corrected chi connectivity index (χ2v) is 3.20. The van der Waals surface area contributed by atoms with Crippen molar-refractivity contribution in [2.45, 2.75) is 0 Å². The number of carboxylic acid groups (broad SMARTS) is 1. The molecule has 0 saturated heterocycles. The van der Waals surface area contributed by atoms with Gasteiger partial charge in [0.1, 0.15) is 7.11 Å². The van der Waals surface area contributed by atoms with E-state index in [0.29, 0.717) is 4.73 Å². The number of furan rings is 1. The standard InChI is InChI=1S/C10H8N2O6/c1-17-12-8(5-3-2-4-18-5)11-6(10(15)16)7(13)9(12)14/h2-4,13H,1H3,(H,15,16). The van der Waals surface area contributed by atoms with Gasteiger partial charge in [0.15, 0.2) is 11.5 Å². The van der Waals surface area contributed by atoms with Crippen LogP contribution in [-0.2, 0) is 0 Å². The third kappa shape index (κ3) is 1.69. The first-order valence-electron chi connectivity index (χ1n) is 4.74. The van der Waals surface area contributed by atoms with Gasteiger partial charge in [-0.15, -0.1) is 4.73 Å². The molecule has 2 N–H and O–H groups in total. The highest BCUT2D eigenvalue weighted by molar-refractivity contribution is 5.88. The van der Waals surface area contributed by atoms with E-state index >= 15 is 0 Å². The van der Waals surface area contributed by atoms with E-state index in [2.05, 4.69) is 4.98 Å². The third-order valence-electron chi connectivity index (χ3n) is 2.15. The van der Waals surface area contributed by atoms with Crippen LogP contribution in [0.5, 0.6) is 5.75 Å². The summed E-state index contributed by atoms with van der Waals surface area (Å²) >= 11 is 0. The van der Waals surface area contributed by atoms with Crippen LogP contribution in [-0.4, -0.2) is 33.0 Å². The summed E-state index contributed by atoms with van der Waals surface area (Å²) in [5, 5.41) is 18.2. The van der Waals surface area contributed by atoms with Crippen molar-refractivity contribution in [3.8, 4) is 17.3 Å². The lowest BCUT2D eigenvalue weighted by molar-refractivity contribution is 0.0683. The Kier molecular flexibility index (Phi) is 2.76. The minimum atomic E-state index is -1.53. The number of aromatic carboxylic acids is 1. The lowest BCUT2D eigenvalue weighted by Gasteiger charge is -2.09. The Balaban J connectivity index is 2.80. The van der Waals surface area contributed by atoms with Gasteiger partial charge in [0, 0.05) is 0 Å². The molecule has 2 aromatic heterocycles. The molecule has 0 bridgehead atoms. The minimum Gasteiger partial charge on any atom is -0.501 e. The SMILES string of the molecule is COn1c(-c2ccco2)nc(C(=O)O)c(O)c1=O. The normalized spacial score (nSPS) is 10.3. The maximum atomic E-state index is 11.7. The van der Waals surface area contributed by atoms with Crippen LogP contribution < -0.4 is 10.4 Å². The molecule has 0 saturated carbocycles. The molecule has 0 fully saturated rings. The summed E-state index contributed by atoms with van der Waals surface area (Å²) in [5.41, 5.74) is -1.80. The molecule has 0 radical (unpaired) electrons. The highest BCUT2D eigenvalue weighted by Gasteiger charge is 2.23. The first-order chi connectivity index (χ1) is 8.56. The Morgan fingerprint density at radius 1 is 1.56 bits per heavy atom. The van der Waals surface area contributed by atoms with E-state index in [1.165, 1.54) is 25.5 Å².